The fourth-order valence-corrected chi connectivity index (χ4v) is 8.53. The van der Waals surface area contributed by atoms with Crippen molar-refractivity contribution in [2.24, 2.45) is 28.6 Å². The SMILES string of the molecule is C[C@]12CC[C@H](O)CC1=CC[C@@H]1C2CC[C@@]2(C)C1CCC2(I)I. The normalized spacial score (nSPS) is 53.2. The van der Waals surface area contributed by atoms with Crippen molar-refractivity contribution in [3.63, 3.8) is 0 Å². The number of hydrogen-bond acceptors (Lipinski definition) is 1. The van der Waals surface area contributed by atoms with Gasteiger partial charge in [-0.1, -0.05) is 70.7 Å². The van der Waals surface area contributed by atoms with E-state index in [0.29, 0.717) is 12.3 Å². The molecule has 4 rings (SSSR count). The molecule has 3 heteroatoms. The van der Waals surface area contributed by atoms with Crippen LogP contribution in [0.4, 0.5) is 0 Å². The first-order valence-corrected chi connectivity index (χ1v) is 11.2. The fourth-order valence-electron chi connectivity index (χ4n) is 6.57. The van der Waals surface area contributed by atoms with Crippen LogP contribution in [0.25, 0.3) is 0 Å². The van der Waals surface area contributed by atoms with Crippen molar-refractivity contribution in [2.75, 3.05) is 0 Å². The van der Waals surface area contributed by atoms with Crippen LogP contribution in [0.2, 0.25) is 0 Å². The number of hydrogen-bond donors (Lipinski definition) is 1. The van der Waals surface area contributed by atoms with Crippen LogP contribution >= 0.6 is 45.2 Å². The van der Waals surface area contributed by atoms with Crippen LogP contribution in [-0.4, -0.2) is 12.6 Å². The number of aliphatic hydroxyl groups excluding tert-OH is 1. The van der Waals surface area contributed by atoms with E-state index in [1.807, 2.05) is 0 Å². The number of aliphatic hydroxyl groups is 1. The van der Waals surface area contributed by atoms with Gasteiger partial charge in [0, 0.05) is 0 Å². The first-order valence-electron chi connectivity index (χ1n) is 9.03. The average Bonchev–Trinajstić information content (AvgIpc) is 2.70. The lowest BCUT2D eigenvalue weighted by Crippen LogP contribution is -2.51. The maximum atomic E-state index is 10.1. The van der Waals surface area contributed by atoms with Crippen molar-refractivity contribution in [2.45, 2.75) is 72.7 Å². The summed E-state index contributed by atoms with van der Waals surface area (Å²) in [5.41, 5.74) is 2.53. The number of alkyl halides is 2. The maximum absolute atomic E-state index is 10.1. The fraction of sp³-hybridized carbons (Fsp3) is 0.895. The first kappa shape index (κ1) is 16.6. The van der Waals surface area contributed by atoms with E-state index in [-0.39, 0.29) is 6.10 Å². The van der Waals surface area contributed by atoms with Crippen molar-refractivity contribution in [3.05, 3.63) is 11.6 Å². The molecular weight excluding hydrogens is 498 g/mol. The molecule has 0 radical (unpaired) electrons. The van der Waals surface area contributed by atoms with E-state index in [4.69, 9.17) is 0 Å². The van der Waals surface area contributed by atoms with E-state index in [0.717, 1.165) is 30.6 Å². The van der Waals surface area contributed by atoms with Gasteiger partial charge in [0.05, 0.1) is 7.53 Å². The molecule has 124 valence electrons. The van der Waals surface area contributed by atoms with Crippen LogP contribution in [0.1, 0.15) is 65.2 Å². The van der Waals surface area contributed by atoms with Crippen molar-refractivity contribution < 1.29 is 5.11 Å². The quantitative estimate of drug-likeness (QED) is 0.238. The van der Waals surface area contributed by atoms with E-state index in [1.54, 1.807) is 5.57 Å². The average molecular weight is 526 g/mol. The minimum Gasteiger partial charge on any atom is -0.393 e. The van der Waals surface area contributed by atoms with Crippen LogP contribution in [0, 0.1) is 28.6 Å². The van der Waals surface area contributed by atoms with E-state index >= 15 is 0 Å². The summed E-state index contributed by atoms with van der Waals surface area (Å²) in [5.74, 6) is 2.69. The summed E-state index contributed by atoms with van der Waals surface area (Å²) in [6, 6.07) is 0. The lowest BCUT2D eigenvalue weighted by Gasteiger charge is -2.58. The van der Waals surface area contributed by atoms with Gasteiger partial charge >= 0.3 is 0 Å². The molecule has 2 unspecified atom stereocenters. The molecule has 0 heterocycles. The van der Waals surface area contributed by atoms with Crippen LogP contribution in [0.15, 0.2) is 11.6 Å². The second-order valence-corrected chi connectivity index (χ2v) is 14.6. The molecule has 0 aromatic carbocycles. The van der Waals surface area contributed by atoms with Gasteiger partial charge in [-0.05, 0) is 80.0 Å². The van der Waals surface area contributed by atoms with Crippen molar-refractivity contribution in [1.29, 1.82) is 0 Å². The van der Waals surface area contributed by atoms with Gasteiger partial charge in [0.15, 0.2) is 0 Å². The third-order valence-electron chi connectivity index (χ3n) is 8.07. The van der Waals surface area contributed by atoms with Crippen molar-refractivity contribution in [3.8, 4) is 0 Å². The standard InChI is InChI=1S/C19H28I2O/c1-17-8-5-13(22)11-12(17)3-4-14-15(17)6-9-18(2)16(14)7-10-19(18,20)21/h3,13-16,22H,4-11H2,1-2H3/t13-,14+,15?,16?,17-,18-/m0/s1. The molecule has 0 aromatic rings. The van der Waals surface area contributed by atoms with Crippen molar-refractivity contribution >= 4 is 45.2 Å². The predicted molar refractivity (Wildman–Crippen MR) is 108 cm³/mol. The molecule has 0 spiro atoms. The molecule has 6 atom stereocenters. The molecule has 3 fully saturated rings. The Kier molecular flexibility index (Phi) is 4.02. The molecule has 0 bridgehead atoms. The van der Waals surface area contributed by atoms with E-state index in [9.17, 15) is 5.11 Å². The Morgan fingerprint density at radius 1 is 1.05 bits per heavy atom. The highest BCUT2D eigenvalue weighted by Crippen LogP contribution is 2.70. The topological polar surface area (TPSA) is 20.2 Å². The first-order chi connectivity index (χ1) is 10.3. The zero-order chi connectivity index (χ0) is 15.8. The molecule has 4 aliphatic carbocycles. The minimum absolute atomic E-state index is 0.0763. The van der Waals surface area contributed by atoms with Crippen molar-refractivity contribution in [1.82, 2.24) is 0 Å². The molecule has 0 saturated heterocycles. The Morgan fingerprint density at radius 2 is 1.77 bits per heavy atom. The highest BCUT2D eigenvalue weighted by atomic mass is 127. The monoisotopic (exact) mass is 526 g/mol. The highest BCUT2D eigenvalue weighted by molar-refractivity contribution is 14.2. The Morgan fingerprint density at radius 3 is 2.55 bits per heavy atom. The van der Waals surface area contributed by atoms with Crippen LogP contribution in [0.3, 0.4) is 0 Å². The molecule has 0 amide bonds. The van der Waals surface area contributed by atoms with E-state index < -0.39 is 0 Å². The van der Waals surface area contributed by atoms with Gasteiger partial charge in [-0.15, -0.1) is 0 Å². The maximum Gasteiger partial charge on any atom is 0.0790 e. The number of halogens is 2. The summed E-state index contributed by atoms with van der Waals surface area (Å²) in [5, 5.41) is 10.1. The lowest BCUT2D eigenvalue weighted by atomic mass is 9.48. The van der Waals surface area contributed by atoms with Gasteiger partial charge in [-0.2, -0.15) is 0 Å². The Bertz CT molecular complexity index is 514. The third-order valence-corrected chi connectivity index (χ3v) is 11.6. The Labute approximate surface area is 162 Å². The second kappa shape index (κ2) is 5.33. The molecule has 22 heavy (non-hydrogen) atoms. The summed E-state index contributed by atoms with van der Waals surface area (Å²) in [7, 11) is 0. The molecular formula is C19H28I2O. The largest absolute Gasteiger partial charge is 0.393 e. The highest BCUT2D eigenvalue weighted by Gasteiger charge is 2.62. The molecule has 3 saturated carbocycles. The van der Waals surface area contributed by atoms with Gasteiger partial charge in [-0.3, -0.25) is 0 Å². The molecule has 0 aliphatic heterocycles. The van der Waals surface area contributed by atoms with Gasteiger partial charge in [-0.25, -0.2) is 0 Å². The summed E-state index contributed by atoms with van der Waals surface area (Å²) in [4.78, 5) is 0. The van der Waals surface area contributed by atoms with Gasteiger partial charge in [0.2, 0.25) is 0 Å². The number of rotatable bonds is 0. The van der Waals surface area contributed by atoms with Crippen LogP contribution in [0.5, 0.6) is 0 Å². The molecule has 0 aromatic heterocycles. The molecule has 1 N–H and O–H groups in total. The number of allylic oxidation sites excluding steroid dienone is 1. The summed E-state index contributed by atoms with van der Waals surface area (Å²) < 4.78 is 0.464. The zero-order valence-corrected chi connectivity index (χ0v) is 18.1. The van der Waals surface area contributed by atoms with Crippen LogP contribution < -0.4 is 0 Å². The minimum atomic E-state index is -0.0763. The lowest BCUT2D eigenvalue weighted by molar-refractivity contribution is -0.0346. The molecule has 1 nitrogen and oxygen atoms in total. The smallest absolute Gasteiger partial charge is 0.0790 e. The Hall–Kier alpha value is 1.16. The van der Waals surface area contributed by atoms with Gasteiger partial charge in [0.1, 0.15) is 0 Å². The van der Waals surface area contributed by atoms with E-state index in [2.05, 4.69) is 65.1 Å². The number of fused-ring (bicyclic) bond motifs is 5. The third kappa shape index (κ3) is 2.16. The predicted octanol–water partition coefficient (Wildman–Crippen LogP) is 5.88. The summed E-state index contributed by atoms with van der Waals surface area (Å²) in [6.07, 6.45) is 12.6. The second-order valence-electron chi connectivity index (χ2n) is 8.86. The zero-order valence-electron chi connectivity index (χ0n) is 13.7. The Balaban J connectivity index is 1.69. The van der Waals surface area contributed by atoms with Crippen LogP contribution in [-0.2, 0) is 0 Å². The van der Waals surface area contributed by atoms with Gasteiger partial charge < -0.3 is 5.11 Å². The van der Waals surface area contributed by atoms with E-state index in [1.165, 1.54) is 38.5 Å². The summed E-state index contributed by atoms with van der Waals surface area (Å²) >= 11 is 5.53. The summed E-state index contributed by atoms with van der Waals surface area (Å²) in [6.45, 7) is 5.12. The van der Waals surface area contributed by atoms with Gasteiger partial charge in [0.25, 0.3) is 0 Å². The molecule has 4 aliphatic rings.